The highest BCUT2D eigenvalue weighted by Crippen LogP contribution is 2.25. The molecule has 5 heteroatoms. The zero-order valence-electron chi connectivity index (χ0n) is 8.29. The molecule has 0 spiro atoms. The Kier molecular flexibility index (Phi) is 3.85. The van der Waals surface area contributed by atoms with E-state index >= 15 is 0 Å². The first kappa shape index (κ1) is 11.7. The minimum absolute atomic E-state index is 0.125. The molecule has 0 aliphatic heterocycles. The van der Waals surface area contributed by atoms with Crippen LogP contribution >= 0.6 is 15.9 Å². The van der Waals surface area contributed by atoms with E-state index in [9.17, 15) is 10.1 Å². The van der Waals surface area contributed by atoms with Crippen LogP contribution in [0.1, 0.15) is 5.56 Å². The molecule has 1 N–H and O–H groups in total. The Morgan fingerprint density at radius 2 is 2.33 bits per heavy atom. The number of hydrogen-bond donors (Lipinski definition) is 1. The Morgan fingerprint density at radius 1 is 1.67 bits per heavy atom. The maximum absolute atomic E-state index is 10.7. The SMILES string of the molecule is C=C(Br)CNc1cccc([N+](=O)[O-])c1C. The first-order chi connectivity index (χ1) is 7.02. The number of nitrogens with zero attached hydrogens (tertiary/aromatic N) is 1. The second-order valence-electron chi connectivity index (χ2n) is 3.08. The quantitative estimate of drug-likeness (QED) is 0.675. The molecule has 80 valence electrons. The number of anilines is 1. The van der Waals surface area contributed by atoms with Crippen molar-refractivity contribution in [3.8, 4) is 0 Å². The number of nitrogens with one attached hydrogen (secondary N) is 1. The van der Waals surface area contributed by atoms with Crippen LogP contribution in [0.4, 0.5) is 11.4 Å². The highest BCUT2D eigenvalue weighted by Gasteiger charge is 2.12. The maximum Gasteiger partial charge on any atom is 0.274 e. The molecule has 0 heterocycles. The van der Waals surface area contributed by atoms with Gasteiger partial charge >= 0.3 is 0 Å². The Morgan fingerprint density at radius 3 is 2.87 bits per heavy atom. The Bertz CT molecular complexity index is 404. The van der Waals surface area contributed by atoms with Gasteiger partial charge in [-0.25, -0.2) is 0 Å². The minimum Gasteiger partial charge on any atom is -0.380 e. The molecule has 1 aromatic rings. The fraction of sp³-hybridized carbons (Fsp3) is 0.200. The molecule has 0 fully saturated rings. The molecule has 4 nitrogen and oxygen atoms in total. The molecule has 0 atom stereocenters. The van der Waals surface area contributed by atoms with E-state index in [4.69, 9.17) is 0 Å². The summed E-state index contributed by atoms with van der Waals surface area (Å²) in [4.78, 5) is 10.3. The van der Waals surface area contributed by atoms with Crippen molar-refractivity contribution in [1.82, 2.24) is 0 Å². The summed E-state index contributed by atoms with van der Waals surface area (Å²) in [5.74, 6) is 0. The predicted molar refractivity (Wildman–Crippen MR) is 64.4 cm³/mol. The summed E-state index contributed by atoms with van der Waals surface area (Å²) in [6.07, 6.45) is 0. The Hall–Kier alpha value is -1.36. The van der Waals surface area contributed by atoms with Gasteiger partial charge in [-0.05, 0) is 13.0 Å². The fourth-order valence-corrected chi connectivity index (χ4v) is 1.34. The lowest BCUT2D eigenvalue weighted by Gasteiger charge is -2.08. The summed E-state index contributed by atoms with van der Waals surface area (Å²) in [7, 11) is 0. The van der Waals surface area contributed by atoms with Gasteiger partial charge in [0.2, 0.25) is 0 Å². The predicted octanol–water partition coefficient (Wildman–Crippen LogP) is 3.22. The van der Waals surface area contributed by atoms with Crippen molar-refractivity contribution in [3.05, 3.63) is 44.9 Å². The zero-order chi connectivity index (χ0) is 11.4. The van der Waals surface area contributed by atoms with Gasteiger partial charge in [0.05, 0.1) is 4.92 Å². The van der Waals surface area contributed by atoms with Crippen LogP contribution in [-0.4, -0.2) is 11.5 Å². The molecule has 15 heavy (non-hydrogen) atoms. The minimum atomic E-state index is -0.385. The first-order valence-electron chi connectivity index (χ1n) is 4.33. The number of hydrogen-bond acceptors (Lipinski definition) is 3. The lowest BCUT2D eigenvalue weighted by Crippen LogP contribution is -2.03. The van der Waals surface area contributed by atoms with Gasteiger partial charge in [0.25, 0.3) is 5.69 Å². The van der Waals surface area contributed by atoms with E-state index in [0.29, 0.717) is 12.1 Å². The van der Waals surface area contributed by atoms with Crippen LogP contribution in [0.3, 0.4) is 0 Å². The molecule has 0 aliphatic carbocycles. The largest absolute Gasteiger partial charge is 0.380 e. The third-order valence-corrected chi connectivity index (χ3v) is 2.25. The van der Waals surface area contributed by atoms with Crippen molar-refractivity contribution in [2.45, 2.75) is 6.92 Å². The van der Waals surface area contributed by atoms with Gasteiger partial charge in [-0.2, -0.15) is 0 Å². The molecule has 0 saturated carbocycles. The average molecular weight is 271 g/mol. The van der Waals surface area contributed by atoms with Gasteiger partial charge in [-0.15, -0.1) is 0 Å². The van der Waals surface area contributed by atoms with Crippen LogP contribution in [0.15, 0.2) is 29.3 Å². The van der Waals surface area contributed by atoms with Gasteiger partial charge in [-0.1, -0.05) is 28.6 Å². The van der Waals surface area contributed by atoms with Crippen LogP contribution in [0.2, 0.25) is 0 Å². The molecule has 0 aliphatic rings. The maximum atomic E-state index is 10.7. The summed E-state index contributed by atoms with van der Waals surface area (Å²) in [5.41, 5.74) is 1.52. The number of benzene rings is 1. The van der Waals surface area contributed by atoms with E-state index < -0.39 is 0 Å². The molecule has 0 amide bonds. The number of nitro benzene ring substituents is 1. The lowest BCUT2D eigenvalue weighted by atomic mass is 10.1. The van der Waals surface area contributed by atoms with Crippen molar-refractivity contribution in [2.75, 3.05) is 11.9 Å². The molecule has 0 aromatic heterocycles. The van der Waals surface area contributed by atoms with Crippen molar-refractivity contribution < 1.29 is 4.92 Å². The number of rotatable bonds is 4. The van der Waals surface area contributed by atoms with E-state index in [2.05, 4.69) is 27.8 Å². The molecule has 0 bridgehead atoms. The second kappa shape index (κ2) is 4.93. The molecule has 1 aromatic carbocycles. The topological polar surface area (TPSA) is 55.2 Å². The van der Waals surface area contributed by atoms with Crippen LogP contribution in [0.5, 0.6) is 0 Å². The van der Waals surface area contributed by atoms with Gasteiger partial charge in [0.15, 0.2) is 0 Å². The van der Waals surface area contributed by atoms with Crippen LogP contribution < -0.4 is 5.32 Å². The van der Waals surface area contributed by atoms with Gasteiger partial charge in [-0.3, -0.25) is 10.1 Å². The van der Waals surface area contributed by atoms with Crippen molar-refractivity contribution >= 4 is 27.3 Å². The summed E-state index contributed by atoms with van der Waals surface area (Å²) in [6.45, 7) is 5.94. The van der Waals surface area contributed by atoms with Crippen molar-refractivity contribution in [1.29, 1.82) is 0 Å². The van der Waals surface area contributed by atoms with E-state index in [0.717, 1.165) is 10.2 Å². The lowest BCUT2D eigenvalue weighted by molar-refractivity contribution is -0.385. The third kappa shape index (κ3) is 3.06. The standard InChI is InChI=1S/C10H11BrN2O2/c1-7(11)6-12-9-4-3-5-10(8(9)2)13(14)15/h3-5,12H,1,6H2,2H3. The van der Waals surface area contributed by atoms with Gasteiger partial charge < -0.3 is 5.32 Å². The molecular weight excluding hydrogens is 260 g/mol. The van der Waals surface area contributed by atoms with Crippen LogP contribution in [0, 0.1) is 17.0 Å². The van der Waals surface area contributed by atoms with Crippen molar-refractivity contribution in [2.24, 2.45) is 0 Å². The summed E-state index contributed by atoms with van der Waals surface area (Å²) in [6, 6.07) is 4.95. The smallest absolute Gasteiger partial charge is 0.274 e. The highest BCUT2D eigenvalue weighted by molar-refractivity contribution is 9.11. The molecular formula is C10H11BrN2O2. The summed E-state index contributed by atoms with van der Waals surface area (Å²) < 4.78 is 0.799. The van der Waals surface area contributed by atoms with Gasteiger partial charge in [0.1, 0.15) is 0 Å². The van der Waals surface area contributed by atoms with E-state index in [-0.39, 0.29) is 10.6 Å². The molecule has 0 radical (unpaired) electrons. The van der Waals surface area contributed by atoms with E-state index in [1.807, 2.05) is 0 Å². The second-order valence-corrected chi connectivity index (χ2v) is 4.20. The van der Waals surface area contributed by atoms with E-state index in [1.165, 1.54) is 6.07 Å². The molecule has 0 unspecified atom stereocenters. The fourth-order valence-electron chi connectivity index (χ4n) is 1.20. The van der Waals surface area contributed by atoms with Gasteiger partial charge in [0, 0.05) is 28.3 Å². The number of nitro groups is 1. The average Bonchev–Trinajstić information content (AvgIpc) is 2.15. The highest BCUT2D eigenvalue weighted by atomic mass is 79.9. The zero-order valence-corrected chi connectivity index (χ0v) is 9.87. The summed E-state index contributed by atoms with van der Waals surface area (Å²) in [5, 5.41) is 13.7. The van der Waals surface area contributed by atoms with Crippen LogP contribution in [0.25, 0.3) is 0 Å². The van der Waals surface area contributed by atoms with Crippen molar-refractivity contribution in [3.63, 3.8) is 0 Å². The third-order valence-electron chi connectivity index (χ3n) is 1.97. The summed E-state index contributed by atoms with van der Waals surface area (Å²) >= 11 is 3.21. The molecule has 1 rings (SSSR count). The number of halogens is 1. The Labute approximate surface area is 96.3 Å². The Balaban J connectivity index is 2.94. The first-order valence-corrected chi connectivity index (χ1v) is 5.13. The van der Waals surface area contributed by atoms with E-state index in [1.54, 1.807) is 19.1 Å². The van der Waals surface area contributed by atoms with Crippen LogP contribution in [-0.2, 0) is 0 Å². The molecule has 0 saturated heterocycles. The monoisotopic (exact) mass is 270 g/mol. The normalized spacial score (nSPS) is 9.73.